The largest absolute Gasteiger partial charge is 0.380 e. The lowest BCUT2D eigenvalue weighted by atomic mass is 10.1. The number of imide groups is 2. The van der Waals surface area contributed by atoms with E-state index in [2.05, 4.69) is 15.9 Å². The highest BCUT2D eigenvalue weighted by Gasteiger charge is 2.33. The summed E-state index contributed by atoms with van der Waals surface area (Å²) in [4.78, 5) is 69.2. The molecular weight excluding hydrogens is 556 g/mol. The van der Waals surface area contributed by atoms with Crippen molar-refractivity contribution in [2.75, 3.05) is 16.9 Å². The maximum atomic E-state index is 11.7. The third kappa shape index (κ3) is 6.03. The molecule has 14 heteroatoms. The van der Waals surface area contributed by atoms with Crippen LogP contribution in [0.5, 0.6) is 0 Å². The van der Waals surface area contributed by atoms with Crippen LogP contribution >= 0.6 is 15.9 Å². The molecule has 0 atom stereocenters. The van der Waals surface area contributed by atoms with E-state index in [0.717, 1.165) is 9.80 Å². The van der Waals surface area contributed by atoms with Gasteiger partial charge in [-0.1, -0.05) is 15.9 Å². The van der Waals surface area contributed by atoms with Crippen molar-refractivity contribution in [2.24, 2.45) is 0 Å². The normalized spacial score (nSPS) is 15.2. The predicted molar refractivity (Wildman–Crippen MR) is 133 cm³/mol. The number of alkyl halides is 1. The highest BCUT2D eigenvalue weighted by molar-refractivity contribution is 9.08. The van der Waals surface area contributed by atoms with Gasteiger partial charge in [0.1, 0.15) is 0 Å². The van der Waals surface area contributed by atoms with E-state index in [0.29, 0.717) is 27.8 Å². The van der Waals surface area contributed by atoms with E-state index in [9.17, 15) is 39.4 Å². The van der Waals surface area contributed by atoms with Crippen LogP contribution < -0.4 is 9.80 Å². The lowest BCUT2D eigenvalue weighted by Gasteiger charge is -2.17. The van der Waals surface area contributed by atoms with Crippen molar-refractivity contribution in [2.45, 2.75) is 37.6 Å². The maximum Gasteiger partial charge on any atom is 0.269 e. The number of halogens is 1. The summed E-state index contributed by atoms with van der Waals surface area (Å²) in [6.07, 6.45) is 0.722. The van der Waals surface area contributed by atoms with Crippen molar-refractivity contribution >= 4 is 62.3 Å². The van der Waals surface area contributed by atoms with Crippen molar-refractivity contribution in [1.29, 1.82) is 0 Å². The van der Waals surface area contributed by atoms with Crippen molar-refractivity contribution in [3.05, 3.63) is 67.8 Å². The molecule has 2 heterocycles. The Morgan fingerprint density at radius 3 is 1.49 bits per heavy atom. The fourth-order valence-electron chi connectivity index (χ4n) is 3.88. The summed E-state index contributed by atoms with van der Waals surface area (Å²) in [5, 5.41) is 21.7. The minimum absolute atomic E-state index is 0.0627. The number of hydrogen-bond acceptors (Lipinski definition) is 9. The highest BCUT2D eigenvalue weighted by Crippen LogP contribution is 2.31. The van der Waals surface area contributed by atoms with Gasteiger partial charge in [-0.3, -0.25) is 49.2 Å². The Morgan fingerprint density at radius 2 is 1.14 bits per heavy atom. The van der Waals surface area contributed by atoms with Gasteiger partial charge in [0.25, 0.3) is 11.4 Å². The summed E-state index contributed by atoms with van der Waals surface area (Å²) >= 11 is 3.21. The van der Waals surface area contributed by atoms with E-state index >= 15 is 0 Å². The first kappa shape index (κ1) is 27.5. The molecule has 2 aliphatic rings. The van der Waals surface area contributed by atoms with E-state index in [4.69, 9.17) is 4.74 Å². The van der Waals surface area contributed by atoms with Crippen molar-refractivity contribution in [1.82, 2.24) is 0 Å². The molecule has 0 unspecified atom stereocenters. The average molecular weight is 577 g/mol. The molecule has 0 aliphatic carbocycles. The van der Waals surface area contributed by atoms with Crippen molar-refractivity contribution in [3.8, 4) is 0 Å². The predicted octanol–water partition coefficient (Wildman–Crippen LogP) is 3.54. The summed E-state index contributed by atoms with van der Waals surface area (Å²) in [6, 6.07) is 8.10. The number of rotatable bonds is 7. The minimum Gasteiger partial charge on any atom is -0.380 e. The average Bonchev–Trinajstić information content (AvgIpc) is 3.38. The zero-order valence-electron chi connectivity index (χ0n) is 19.5. The van der Waals surface area contributed by atoms with Crippen LogP contribution in [-0.2, 0) is 35.9 Å². The van der Waals surface area contributed by atoms with Crippen LogP contribution in [0, 0.1) is 20.2 Å². The number of benzene rings is 2. The molecule has 2 aromatic carbocycles. The summed E-state index contributed by atoms with van der Waals surface area (Å²) in [5.41, 5.74) is 1.61. The Bertz CT molecular complexity index is 1260. The number of non-ortho nitro benzene ring substituents is 2. The molecule has 0 bridgehead atoms. The Balaban J connectivity index is 0.000000206. The van der Waals surface area contributed by atoms with Crippen LogP contribution in [0.3, 0.4) is 0 Å². The van der Waals surface area contributed by atoms with Crippen LogP contribution in [0.25, 0.3) is 0 Å². The summed E-state index contributed by atoms with van der Waals surface area (Å²) in [6.45, 7) is 0.0913. The third-order valence-electron chi connectivity index (χ3n) is 5.58. The SMILES string of the molecule is COCc1cc([N+](=O)[O-])ccc1N1C(=O)CCC1=O.O=C1CCC(=O)N1c1ccc([N+](=O)[O-])cc1CBr. The first-order valence-corrected chi connectivity index (χ1v) is 12.0. The number of carbonyl (C=O) groups excluding carboxylic acids is 4. The Labute approximate surface area is 218 Å². The van der Waals surface area contributed by atoms with E-state index in [1.807, 2.05) is 0 Å². The number of nitro benzene ring substituents is 2. The van der Waals surface area contributed by atoms with Crippen LogP contribution in [-0.4, -0.2) is 40.6 Å². The van der Waals surface area contributed by atoms with Gasteiger partial charge in [-0.25, -0.2) is 0 Å². The van der Waals surface area contributed by atoms with Gasteiger partial charge >= 0.3 is 0 Å². The lowest BCUT2D eigenvalue weighted by molar-refractivity contribution is -0.385. The fourth-order valence-corrected chi connectivity index (χ4v) is 4.33. The maximum absolute atomic E-state index is 11.7. The van der Waals surface area contributed by atoms with E-state index in [-0.39, 0.29) is 67.3 Å². The molecule has 0 radical (unpaired) electrons. The Kier molecular flexibility index (Phi) is 8.78. The molecule has 2 aromatic rings. The van der Waals surface area contributed by atoms with Gasteiger partial charge in [0, 0.05) is 68.0 Å². The number of nitrogens with zero attached hydrogens (tertiary/aromatic N) is 4. The standard InChI is InChI=1S/C12H12N2O5.C11H9BrN2O4/c1-19-7-8-6-9(14(17)18)2-3-10(8)13-11(15)4-5-12(13)16;12-6-7-5-8(14(17)18)1-2-9(7)13-10(15)3-4-11(13)16/h2-3,6H,4-5,7H2,1H3;1-2,5H,3-4,6H2. The number of methoxy groups -OCH3 is 1. The highest BCUT2D eigenvalue weighted by atomic mass is 79.9. The molecule has 0 aromatic heterocycles. The van der Waals surface area contributed by atoms with Crippen LogP contribution in [0.15, 0.2) is 36.4 Å². The molecule has 37 heavy (non-hydrogen) atoms. The van der Waals surface area contributed by atoms with Gasteiger partial charge in [-0.05, 0) is 17.7 Å². The van der Waals surface area contributed by atoms with Gasteiger partial charge < -0.3 is 4.74 Å². The number of carbonyl (C=O) groups is 4. The zero-order chi connectivity index (χ0) is 27.3. The zero-order valence-corrected chi connectivity index (χ0v) is 21.1. The van der Waals surface area contributed by atoms with Crippen LogP contribution in [0.1, 0.15) is 36.8 Å². The van der Waals surface area contributed by atoms with Crippen molar-refractivity contribution in [3.63, 3.8) is 0 Å². The number of hydrogen-bond donors (Lipinski definition) is 0. The monoisotopic (exact) mass is 576 g/mol. The second kappa shape index (κ2) is 11.8. The lowest BCUT2D eigenvalue weighted by Crippen LogP contribution is -2.29. The van der Waals surface area contributed by atoms with Gasteiger partial charge in [0.15, 0.2) is 0 Å². The molecule has 2 fully saturated rings. The quantitative estimate of drug-likeness (QED) is 0.207. The first-order valence-electron chi connectivity index (χ1n) is 10.9. The topological polar surface area (TPSA) is 170 Å². The van der Waals surface area contributed by atoms with Crippen LogP contribution in [0.4, 0.5) is 22.7 Å². The molecule has 194 valence electrons. The number of amides is 4. The van der Waals surface area contributed by atoms with E-state index in [1.54, 1.807) is 0 Å². The molecule has 2 saturated heterocycles. The summed E-state index contributed by atoms with van der Waals surface area (Å²) < 4.78 is 4.96. The number of nitro groups is 2. The molecule has 0 N–H and O–H groups in total. The smallest absolute Gasteiger partial charge is 0.269 e. The van der Waals surface area contributed by atoms with Crippen molar-refractivity contribution < 1.29 is 33.8 Å². The number of anilines is 2. The molecule has 4 amide bonds. The summed E-state index contributed by atoms with van der Waals surface area (Å²) in [5.74, 6) is -1.13. The van der Waals surface area contributed by atoms with Gasteiger partial charge in [-0.2, -0.15) is 0 Å². The second-order valence-electron chi connectivity index (χ2n) is 7.95. The molecule has 13 nitrogen and oxygen atoms in total. The summed E-state index contributed by atoms with van der Waals surface area (Å²) in [7, 11) is 1.44. The third-order valence-corrected chi connectivity index (χ3v) is 6.18. The first-order chi connectivity index (χ1) is 17.6. The second-order valence-corrected chi connectivity index (χ2v) is 8.51. The fraction of sp³-hybridized carbons (Fsp3) is 0.304. The van der Waals surface area contributed by atoms with Gasteiger partial charge in [0.05, 0.1) is 27.8 Å². The van der Waals surface area contributed by atoms with Gasteiger partial charge in [0.2, 0.25) is 23.6 Å². The molecule has 4 rings (SSSR count). The Hall–Kier alpha value is -4.04. The number of ether oxygens (including phenoxy) is 1. The Morgan fingerprint density at radius 1 is 0.757 bits per heavy atom. The molecule has 0 spiro atoms. The molecular formula is C23H21BrN4O9. The van der Waals surface area contributed by atoms with E-state index < -0.39 is 9.85 Å². The van der Waals surface area contributed by atoms with Gasteiger partial charge in [-0.15, -0.1) is 0 Å². The van der Waals surface area contributed by atoms with Crippen LogP contribution in [0.2, 0.25) is 0 Å². The molecule has 0 saturated carbocycles. The van der Waals surface area contributed by atoms with E-state index in [1.165, 1.54) is 43.5 Å². The minimum atomic E-state index is -0.531. The molecule has 2 aliphatic heterocycles.